The summed E-state index contributed by atoms with van der Waals surface area (Å²) in [6, 6.07) is 0. The van der Waals surface area contributed by atoms with E-state index in [1.165, 1.54) is 0 Å². The van der Waals surface area contributed by atoms with Crippen molar-refractivity contribution in [2.45, 2.75) is 30.3 Å². The van der Waals surface area contributed by atoms with E-state index >= 15 is 0 Å². The molecule has 1 atom stereocenters. The van der Waals surface area contributed by atoms with Crippen LogP contribution in [0.1, 0.15) is 13.8 Å². The quantitative estimate of drug-likeness (QED) is 0.396. The summed E-state index contributed by atoms with van der Waals surface area (Å²) in [7, 11) is 0. The molecule has 2 rings (SSSR count). The molecule has 0 amide bonds. The molecule has 0 radical (unpaired) electrons. The molecular formula is C10H16Br2N4S. The Labute approximate surface area is 125 Å². The van der Waals surface area contributed by atoms with Crippen molar-refractivity contribution in [2.75, 3.05) is 17.2 Å². The Kier molecular flexibility index (Phi) is 5.09. The molecule has 7 heteroatoms. The normalized spacial score (nSPS) is 21.8. The van der Waals surface area contributed by atoms with Gasteiger partial charge in [0.25, 0.3) is 0 Å². The van der Waals surface area contributed by atoms with E-state index in [2.05, 4.69) is 49.5 Å². The minimum absolute atomic E-state index is 0. The van der Waals surface area contributed by atoms with Crippen molar-refractivity contribution in [1.82, 2.24) is 10.2 Å². The van der Waals surface area contributed by atoms with E-state index in [9.17, 15) is 0 Å². The first-order valence-corrected chi connectivity index (χ1v) is 7.09. The van der Waals surface area contributed by atoms with Gasteiger partial charge in [-0.25, -0.2) is 4.57 Å². The Morgan fingerprint density at radius 3 is 3.06 bits per heavy atom. The molecule has 1 aromatic heterocycles. The van der Waals surface area contributed by atoms with E-state index in [0.29, 0.717) is 0 Å². The van der Waals surface area contributed by atoms with Crippen molar-refractivity contribution in [3.05, 3.63) is 12.2 Å². The fourth-order valence-corrected chi connectivity index (χ4v) is 3.13. The molecule has 0 bridgehead atoms. The van der Waals surface area contributed by atoms with Crippen LogP contribution in [-0.4, -0.2) is 26.8 Å². The number of fused-ring (bicyclic) bond motifs is 1. The largest absolute Gasteiger partial charge is 1.00 e. The first-order chi connectivity index (χ1) is 7.54. The second-order valence-corrected chi connectivity index (χ2v) is 6.55. The van der Waals surface area contributed by atoms with Gasteiger partial charge in [-0.2, -0.15) is 0 Å². The second kappa shape index (κ2) is 5.75. The van der Waals surface area contributed by atoms with Gasteiger partial charge >= 0.3 is 11.1 Å². The third-order valence-corrected chi connectivity index (χ3v) is 5.30. The standard InChI is InChI=1S/C10H15BrN4S.BrH/c1-7(2)4-12-8-13-14-9-15(8)6-10(3,5-11)16-9;/h1,4-6H2,2-3H3,(H,12,13);1H. The molecule has 0 aromatic carbocycles. The molecular weight excluding hydrogens is 368 g/mol. The van der Waals surface area contributed by atoms with Crippen LogP contribution in [0.25, 0.3) is 0 Å². The average molecular weight is 384 g/mol. The monoisotopic (exact) mass is 382 g/mol. The van der Waals surface area contributed by atoms with Crippen molar-refractivity contribution in [1.29, 1.82) is 0 Å². The molecule has 0 saturated carbocycles. The number of hydrogen-bond donors (Lipinski definition) is 2. The summed E-state index contributed by atoms with van der Waals surface area (Å²) < 4.78 is 2.39. The number of rotatable bonds is 4. The van der Waals surface area contributed by atoms with Gasteiger partial charge in [0.15, 0.2) is 0 Å². The Morgan fingerprint density at radius 1 is 1.76 bits per heavy atom. The van der Waals surface area contributed by atoms with Gasteiger partial charge in [-0.3, -0.25) is 5.32 Å². The average Bonchev–Trinajstić information content (AvgIpc) is 2.72. The van der Waals surface area contributed by atoms with Crippen molar-refractivity contribution in [3.63, 3.8) is 0 Å². The van der Waals surface area contributed by atoms with E-state index in [-0.39, 0.29) is 21.7 Å². The lowest BCUT2D eigenvalue weighted by Gasteiger charge is -2.15. The molecule has 0 spiro atoms. The lowest BCUT2D eigenvalue weighted by molar-refractivity contribution is -0.715. The van der Waals surface area contributed by atoms with Gasteiger partial charge in [0.05, 0.1) is 17.8 Å². The predicted molar refractivity (Wildman–Crippen MR) is 70.1 cm³/mol. The van der Waals surface area contributed by atoms with Gasteiger partial charge in [0, 0.05) is 10.4 Å². The zero-order valence-corrected chi connectivity index (χ0v) is 13.9. The van der Waals surface area contributed by atoms with Gasteiger partial charge in [-0.15, -0.1) is 5.10 Å². The maximum Gasteiger partial charge on any atom is 0.343 e. The molecule has 2 N–H and O–H groups in total. The lowest BCUT2D eigenvalue weighted by atomic mass is 10.2. The first-order valence-electron chi connectivity index (χ1n) is 5.15. The number of anilines is 1. The molecule has 1 unspecified atom stereocenters. The Balaban J connectivity index is 0.00000144. The minimum Gasteiger partial charge on any atom is -1.00 e. The molecule has 1 aromatic rings. The van der Waals surface area contributed by atoms with Gasteiger partial charge in [-0.05, 0) is 25.6 Å². The summed E-state index contributed by atoms with van der Waals surface area (Å²) in [6.07, 6.45) is 0. The third kappa shape index (κ3) is 3.26. The highest BCUT2D eigenvalue weighted by Gasteiger charge is 2.40. The number of H-pyrrole nitrogens is 1. The van der Waals surface area contributed by atoms with E-state index in [1.54, 1.807) is 11.8 Å². The highest BCUT2D eigenvalue weighted by Crippen LogP contribution is 2.37. The van der Waals surface area contributed by atoms with Crippen LogP contribution in [0, 0.1) is 0 Å². The Hall–Kier alpha value is -0.0100. The first kappa shape index (κ1) is 15.0. The SMILES string of the molecule is C=C(C)CNc1[nH]nc2[n+]1CC(C)(CBr)S2.[Br-]. The zero-order chi connectivity index (χ0) is 11.8. The number of halogens is 2. The smallest absolute Gasteiger partial charge is 0.343 e. The number of aromatic nitrogens is 3. The molecule has 1 aliphatic rings. The summed E-state index contributed by atoms with van der Waals surface area (Å²) in [4.78, 5) is 0. The molecule has 1 aliphatic heterocycles. The van der Waals surface area contributed by atoms with Crippen LogP contribution in [-0.2, 0) is 6.54 Å². The van der Waals surface area contributed by atoms with E-state index in [1.807, 2.05) is 6.92 Å². The summed E-state index contributed by atoms with van der Waals surface area (Å²) in [5, 5.41) is 12.6. The number of nitrogens with zero attached hydrogens (tertiary/aromatic N) is 2. The van der Waals surface area contributed by atoms with E-state index in [0.717, 1.165) is 35.1 Å². The summed E-state index contributed by atoms with van der Waals surface area (Å²) in [6.45, 7) is 9.86. The predicted octanol–water partition coefficient (Wildman–Crippen LogP) is -1.05. The molecule has 2 heterocycles. The van der Waals surface area contributed by atoms with Crippen LogP contribution < -0.4 is 26.9 Å². The number of thioether (sulfide) groups is 1. The van der Waals surface area contributed by atoms with E-state index < -0.39 is 0 Å². The van der Waals surface area contributed by atoms with E-state index in [4.69, 9.17) is 0 Å². The molecule has 96 valence electrons. The van der Waals surface area contributed by atoms with Gasteiger partial charge in [-0.1, -0.05) is 28.1 Å². The maximum atomic E-state index is 4.31. The van der Waals surface area contributed by atoms with Crippen molar-refractivity contribution in [3.8, 4) is 0 Å². The highest BCUT2D eigenvalue weighted by molar-refractivity contribution is 9.09. The van der Waals surface area contributed by atoms with Crippen molar-refractivity contribution < 1.29 is 21.5 Å². The number of nitrogens with one attached hydrogen (secondary N) is 2. The molecule has 0 saturated heterocycles. The fraction of sp³-hybridized carbons (Fsp3) is 0.600. The Morgan fingerprint density at radius 2 is 2.47 bits per heavy atom. The van der Waals surface area contributed by atoms with Crippen LogP contribution in [0.2, 0.25) is 0 Å². The Bertz CT molecular complexity index is 420. The zero-order valence-electron chi connectivity index (χ0n) is 9.89. The van der Waals surface area contributed by atoms with Crippen LogP contribution in [0.5, 0.6) is 0 Å². The minimum atomic E-state index is 0. The maximum absolute atomic E-state index is 4.31. The highest BCUT2D eigenvalue weighted by atomic mass is 79.9. The molecule has 0 fully saturated rings. The number of hydrogen-bond acceptors (Lipinski definition) is 3. The summed E-state index contributed by atoms with van der Waals surface area (Å²) in [5.41, 5.74) is 1.11. The van der Waals surface area contributed by atoms with Crippen LogP contribution in [0.3, 0.4) is 0 Å². The van der Waals surface area contributed by atoms with Gasteiger partial charge < -0.3 is 17.0 Å². The lowest BCUT2D eigenvalue weighted by Crippen LogP contribution is -3.00. The third-order valence-electron chi connectivity index (χ3n) is 2.43. The molecule has 4 nitrogen and oxygen atoms in total. The summed E-state index contributed by atoms with van der Waals surface area (Å²) in [5.74, 6) is 0.968. The molecule has 17 heavy (non-hydrogen) atoms. The topological polar surface area (TPSA) is 44.6 Å². The molecule has 0 aliphatic carbocycles. The van der Waals surface area contributed by atoms with Gasteiger partial charge in [0.2, 0.25) is 0 Å². The van der Waals surface area contributed by atoms with Crippen LogP contribution in [0.15, 0.2) is 17.3 Å². The second-order valence-electron chi connectivity index (χ2n) is 4.44. The van der Waals surface area contributed by atoms with Gasteiger partial charge in [0.1, 0.15) is 0 Å². The van der Waals surface area contributed by atoms with Crippen LogP contribution in [0.4, 0.5) is 5.95 Å². The van der Waals surface area contributed by atoms with Crippen molar-refractivity contribution >= 4 is 33.6 Å². The van der Waals surface area contributed by atoms with Crippen molar-refractivity contribution in [2.24, 2.45) is 0 Å². The number of aromatic amines is 1. The fourth-order valence-electron chi connectivity index (χ4n) is 1.57. The number of alkyl halides is 1. The summed E-state index contributed by atoms with van der Waals surface area (Å²) >= 11 is 5.36. The van der Waals surface area contributed by atoms with Crippen LogP contribution >= 0.6 is 27.7 Å².